The second-order valence-corrected chi connectivity index (χ2v) is 4.74. The Morgan fingerprint density at radius 1 is 1.22 bits per heavy atom. The molecule has 2 aliphatic rings. The van der Waals surface area contributed by atoms with Gasteiger partial charge in [0.25, 0.3) is 0 Å². The zero-order chi connectivity index (χ0) is 12.6. The number of hydrogen-bond acceptors (Lipinski definition) is 4. The molecule has 1 aliphatic heterocycles. The first-order chi connectivity index (χ1) is 8.75. The molecule has 0 unspecified atom stereocenters. The molecular formula is C14H13NO3. The maximum absolute atomic E-state index is 12.2. The maximum atomic E-state index is 12.2. The Hall–Kier alpha value is -2.02. The fourth-order valence-corrected chi connectivity index (χ4v) is 2.10. The van der Waals surface area contributed by atoms with Gasteiger partial charge in [0.05, 0.1) is 19.3 Å². The monoisotopic (exact) mass is 243 g/mol. The van der Waals surface area contributed by atoms with Crippen LogP contribution < -0.4 is 9.47 Å². The summed E-state index contributed by atoms with van der Waals surface area (Å²) in [5.74, 6) is 1.18. The van der Waals surface area contributed by atoms with Gasteiger partial charge in [0, 0.05) is 12.0 Å². The number of ketones is 1. The molecule has 0 aromatic heterocycles. The number of fused-ring (bicyclic) bond motifs is 1. The van der Waals surface area contributed by atoms with E-state index in [1.54, 1.807) is 18.2 Å². The van der Waals surface area contributed by atoms with Crippen molar-refractivity contribution in [2.45, 2.75) is 19.3 Å². The lowest BCUT2D eigenvalue weighted by Crippen LogP contribution is -2.13. The smallest absolute Gasteiger partial charge is 0.183 e. The number of benzene rings is 1. The van der Waals surface area contributed by atoms with Crippen molar-refractivity contribution in [2.24, 2.45) is 5.41 Å². The van der Waals surface area contributed by atoms with Gasteiger partial charge in [-0.2, -0.15) is 5.26 Å². The Balaban J connectivity index is 1.93. The molecule has 0 saturated heterocycles. The summed E-state index contributed by atoms with van der Waals surface area (Å²) in [5, 5.41) is 9.04. The van der Waals surface area contributed by atoms with E-state index in [0.29, 0.717) is 43.1 Å². The van der Waals surface area contributed by atoms with Gasteiger partial charge in [-0.1, -0.05) is 0 Å². The van der Waals surface area contributed by atoms with E-state index in [2.05, 4.69) is 6.07 Å². The Bertz CT molecular complexity index is 540. The van der Waals surface area contributed by atoms with E-state index in [9.17, 15) is 4.79 Å². The van der Waals surface area contributed by atoms with Crippen molar-refractivity contribution in [2.75, 3.05) is 13.2 Å². The van der Waals surface area contributed by atoms with E-state index in [0.717, 1.165) is 6.42 Å². The van der Waals surface area contributed by atoms with E-state index < -0.39 is 5.41 Å². The molecule has 1 heterocycles. The van der Waals surface area contributed by atoms with Crippen LogP contribution in [0.2, 0.25) is 0 Å². The van der Waals surface area contributed by atoms with Gasteiger partial charge >= 0.3 is 0 Å². The molecule has 0 radical (unpaired) electrons. The number of rotatable bonds is 2. The Morgan fingerprint density at radius 3 is 2.61 bits per heavy atom. The summed E-state index contributed by atoms with van der Waals surface area (Å²) in [5.41, 5.74) is -0.238. The van der Waals surface area contributed by atoms with E-state index in [-0.39, 0.29) is 5.78 Å². The van der Waals surface area contributed by atoms with Crippen molar-refractivity contribution in [3.8, 4) is 17.6 Å². The van der Waals surface area contributed by atoms with Crippen molar-refractivity contribution in [3.63, 3.8) is 0 Å². The molecule has 1 aromatic rings. The first-order valence-electron chi connectivity index (χ1n) is 6.11. The second kappa shape index (κ2) is 4.02. The number of carbonyl (C=O) groups excluding carboxylic acids is 1. The van der Waals surface area contributed by atoms with Gasteiger partial charge < -0.3 is 9.47 Å². The number of nitrogens with zero attached hydrogens (tertiary/aromatic N) is 1. The topological polar surface area (TPSA) is 59.3 Å². The molecule has 1 fully saturated rings. The molecule has 4 heteroatoms. The SMILES string of the molecule is N#CC1(C(=O)c2ccc3c(c2)OCCCO3)CC1. The van der Waals surface area contributed by atoms with Gasteiger partial charge in [-0.25, -0.2) is 0 Å². The quantitative estimate of drug-likeness (QED) is 0.748. The highest BCUT2D eigenvalue weighted by molar-refractivity contribution is 6.04. The summed E-state index contributed by atoms with van der Waals surface area (Å²) in [6, 6.07) is 7.28. The van der Waals surface area contributed by atoms with Crippen molar-refractivity contribution in [1.82, 2.24) is 0 Å². The predicted molar refractivity (Wildman–Crippen MR) is 63.7 cm³/mol. The highest BCUT2D eigenvalue weighted by Gasteiger charge is 2.50. The molecule has 18 heavy (non-hydrogen) atoms. The summed E-state index contributed by atoms with van der Waals surface area (Å²) in [4.78, 5) is 12.2. The third-order valence-corrected chi connectivity index (χ3v) is 3.41. The minimum atomic E-state index is -0.778. The molecular weight excluding hydrogens is 230 g/mol. The van der Waals surface area contributed by atoms with Crippen molar-refractivity contribution in [1.29, 1.82) is 5.26 Å². The van der Waals surface area contributed by atoms with Crippen LogP contribution in [0.4, 0.5) is 0 Å². The van der Waals surface area contributed by atoms with Crippen LogP contribution >= 0.6 is 0 Å². The Labute approximate surface area is 105 Å². The highest BCUT2D eigenvalue weighted by atomic mass is 16.5. The van der Waals surface area contributed by atoms with Gasteiger partial charge in [-0.15, -0.1) is 0 Å². The molecule has 0 amide bonds. The van der Waals surface area contributed by atoms with E-state index >= 15 is 0 Å². The van der Waals surface area contributed by atoms with Crippen LogP contribution in [0.1, 0.15) is 29.6 Å². The third-order valence-electron chi connectivity index (χ3n) is 3.41. The van der Waals surface area contributed by atoms with E-state index in [1.165, 1.54) is 0 Å². The van der Waals surface area contributed by atoms with Gasteiger partial charge in [0.2, 0.25) is 0 Å². The summed E-state index contributed by atoms with van der Waals surface area (Å²) < 4.78 is 11.1. The maximum Gasteiger partial charge on any atom is 0.183 e. The van der Waals surface area contributed by atoms with Gasteiger partial charge in [-0.05, 0) is 31.0 Å². The molecule has 3 rings (SSSR count). The molecule has 4 nitrogen and oxygen atoms in total. The van der Waals surface area contributed by atoms with Gasteiger partial charge in [0.1, 0.15) is 5.41 Å². The van der Waals surface area contributed by atoms with Crippen molar-refractivity contribution >= 4 is 5.78 Å². The van der Waals surface area contributed by atoms with Crippen LogP contribution in [0.5, 0.6) is 11.5 Å². The third kappa shape index (κ3) is 1.72. The Kier molecular flexibility index (Phi) is 2.48. The minimum absolute atomic E-state index is 0.0966. The van der Waals surface area contributed by atoms with Crippen LogP contribution in [-0.4, -0.2) is 19.0 Å². The molecule has 0 atom stereocenters. The number of ether oxygens (including phenoxy) is 2. The van der Waals surface area contributed by atoms with Crippen LogP contribution in [-0.2, 0) is 0 Å². The lowest BCUT2D eigenvalue weighted by molar-refractivity contribution is 0.0934. The number of hydrogen-bond donors (Lipinski definition) is 0. The van der Waals surface area contributed by atoms with Gasteiger partial charge in [0.15, 0.2) is 17.3 Å². The zero-order valence-electron chi connectivity index (χ0n) is 9.94. The normalized spacial score (nSPS) is 19.5. The molecule has 0 N–H and O–H groups in total. The predicted octanol–water partition coefficient (Wildman–Crippen LogP) is 2.33. The molecule has 92 valence electrons. The Morgan fingerprint density at radius 2 is 1.94 bits per heavy atom. The van der Waals surface area contributed by atoms with Crippen LogP contribution in [0.3, 0.4) is 0 Å². The zero-order valence-corrected chi connectivity index (χ0v) is 9.94. The summed E-state index contributed by atoms with van der Waals surface area (Å²) >= 11 is 0. The standard InChI is InChI=1S/C14H13NO3/c15-9-14(4-5-14)13(16)10-2-3-11-12(8-10)18-7-1-6-17-11/h2-3,8H,1,4-7H2. The van der Waals surface area contributed by atoms with Crippen molar-refractivity contribution in [3.05, 3.63) is 23.8 Å². The summed E-state index contributed by atoms with van der Waals surface area (Å²) in [7, 11) is 0. The van der Waals surface area contributed by atoms with Crippen LogP contribution in [0, 0.1) is 16.7 Å². The molecule has 1 aromatic carbocycles. The average molecular weight is 243 g/mol. The highest BCUT2D eigenvalue weighted by Crippen LogP contribution is 2.48. The largest absolute Gasteiger partial charge is 0.490 e. The van der Waals surface area contributed by atoms with E-state index in [4.69, 9.17) is 14.7 Å². The summed E-state index contributed by atoms with van der Waals surface area (Å²) in [6.45, 7) is 1.22. The number of carbonyl (C=O) groups is 1. The van der Waals surface area contributed by atoms with Crippen LogP contribution in [0.15, 0.2) is 18.2 Å². The number of Topliss-reactive ketones (excluding diaryl/α,β-unsaturated/α-hetero) is 1. The minimum Gasteiger partial charge on any atom is -0.490 e. The molecule has 1 aliphatic carbocycles. The number of nitriles is 1. The first kappa shape index (κ1) is 11.1. The van der Waals surface area contributed by atoms with Crippen molar-refractivity contribution < 1.29 is 14.3 Å². The van der Waals surface area contributed by atoms with Crippen LogP contribution in [0.25, 0.3) is 0 Å². The van der Waals surface area contributed by atoms with E-state index in [1.807, 2.05) is 0 Å². The molecule has 0 bridgehead atoms. The van der Waals surface area contributed by atoms with Gasteiger partial charge in [-0.3, -0.25) is 4.79 Å². The first-order valence-corrected chi connectivity index (χ1v) is 6.11. The second-order valence-electron chi connectivity index (χ2n) is 4.74. The fourth-order valence-electron chi connectivity index (χ4n) is 2.10. The fraction of sp³-hybridized carbons (Fsp3) is 0.429. The summed E-state index contributed by atoms with van der Waals surface area (Å²) in [6.07, 6.45) is 2.16. The lowest BCUT2D eigenvalue weighted by Gasteiger charge is -2.10. The lowest BCUT2D eigenvalue weighted by atomic mass is 9.96. The molecule has 1 saturated carbocycles. The molecule has 0 spiro atoms. The average Bonchev–Trinajstić information content (AvgIpc) is 3.21.